The van der Waals surface area contributed by atoms with Crippen molar-refractivity contribution in [3.05, 3.63) is 29.3 Å². The van der Waals surface area contributed by atoms with E-state index in [9.17, 15) is 9.59 Å². The number of hydrogen-bond acceptors (Lipinski definition) is 3. The maximum Gasteiger partial charge on any atom is 0.324 e. The van der Waals surface area contributed by atoms with E-state index < -0.39 is 0 Å². The summed E-state index contributed by atoms with van der Waals surface area (Å²) < 4.78 is 0. The Morgan fingerprint density at radius 1 is 1.11 bits per heavy atom. The summed E-state index contributed by atoms with van der Waals surface area (Å²) in [4.78, 5) is 29.0. The van der Waals surface area contributed by atoms with Crippen molar-refractivity contribution in [3.8, 4) is 0 Å². The van der Waals surface area contributed by atoms with Gasteiger partial charge in [0, 0.05) is 42.8 Å². The summed E-state index contributed by atoms with van der Waals surface area (Å²) >= 11 is 6.06. The molecule has 150 valence electrons. The number of nitrogens with one attached hydrogen (secondary N) is 1. The number of rotatable bonds is 7. The molecule has 0 unspecified atom stereocenters. The van der Waals surface area contributed by atoms with E-state index in [1.54, 1.807) is 4.90 Å². The number of nitrogens with zero attached hydrogens (tertiary/aromatic N) is 2. The van der Waals surface area contributed by atoms with Crippen molar-refractivity contribution >= 4 is 29.2 Å². The zero-order valence-electron chi connectivity index (χ0n) is 16.7. The highest BCUT2D eigenvalue weighted by Gasteiger charge is 2.25. The summed E-state index contributed by atoms with van der Waals surface area (Å²) in [5, 5.41) is 3.34. The number of piperazine rings is 1. The minimum Gasteiger partial charge on any atom is -0.368 e. The second-order valence-corrected chi connectivity index (χ2v) is 8.14. The number of amides is 3. The van der Waals surface area contributed by atoms with Gasteiger partial charge < -0.3 is 9.80 Å². The highest BCUT2D eigenvalue weighted by Crippen LogP contribution is 2.21. The maximum atomic E-state index is 12.5. The van der Waals surface area contributed by atoms with Crippen molar-refractivity contribution in [3.63, 3.8) is 0 Å². The molecule has 1 heterocycles. The molecule has 0 aromatic heterocycles. The van der Waals surface area contributed by atoms with E-state index in [1.807, 2.05) is 24.3 Å². The number of urea groups is 1. The lowest BCUT2D eigenvalue weighted by Crippen LogP contribution is -2.53. The van der Waals surface area contributed by atoms with Crippen molar-refractivity contribution in [2.24, 2.45) is 11.8 Å². The molecule has 1 aliphatic heterocycles. The minimum atomic E-state index is -0.267. The molecule has 5 nitrogen and oxygen atoms in total. The van der Waals surface area contributed by atoms with Gasteiger partial charge in [0.2, 0.25) is 5.91 Å². The summed E-state index contributed by atoms with van der Waals surface area (Å²) in [5.74, 6) is 0.362. The van der Waals surface area contributed by atoms with Crippen molar-refractivity contribution in [2.75, 3.05) is 31.1 Å². The molecule has 1 N–H and O–H groups in total. The Balaban J connectivity index is 1.84. The van der Waals surface area contributed by atoms with E-state index in [2.05, 4.69) is 31.0 Å². The smallest absolute Gasteiger partial charge is 0.324 e. The van der Waals surface area contributed by atoms with E-state index >= 15 is 0 Å². The highest BCUT2D eigenvalue weighted by atomic mass is 35.5. The lowest BCUT2D eigenvalue weighted by molar-refractivity contribution is -0.124. The van der Waals surface area contributed by atoms with Crippen molar-refractivity contribution in [1.82, 2.24) is 10.2 Å². The number of benzene rings is 1. The first-order chi connectivity index (χ1) is 12.9. The third kappa shape index (κ3) is 6.73. The quantitative estimate of drug-likeness (QED) is 0.739. The van der Waals surface area contributed by atoms with Crippen LogP contribution in [0.2, 0.25) is 5.02 Å². The van der Waals surface area contributed by atoms with Crippen LogP contribution in [0.3, 0.4) is 0 Å². The Morgan fingerprint density at radius 3 is 2.41 bits per heavy atom. The Morgan fingerprint density at radius 2 is 1.81 bits per heavy atom. The summed E-state index contributed by atoms with van der Waals surface area (Å²) in [6.07, 6.45) is 3.62. The molecular weight excluding hydrogens is 362 g/mol. The second kappa shape index (κ2) is 10.5. The van der Waals surface area contributed by atoms with Crippen molar-refractivity contribution < 1.29 is 9.59 Å². The molecule has 1 atom stereocenters. The third-order valence-electron chi connectivity index (χ3n) is 5.07. The first kappa shape index (κ1) is 21.5. The average Bonchev–Trinajstić information content (AvgIpc) is 2.65. The molecule has 6 heteroatoms. The second-order valence-electron chi connectivity index (χ2n) is 7.71. The van der Waals surface area contributed by atoms with Gasteiger partial charge in [-0.2, -0.15) is 0 Å². The molecule has 1 aliphatic rings. The normalized spacial score (nSPS) is 15.7. The van der Waals surface area contributed by atoms with Crippen LogP contribution in [0.15, 0.2) is 24.3 Å². The highest BCUT2D eigenvalue weighted by molar-refractivity contribution is 6.30. The molecule has 1 saturated heterocycles. The lowest BCUT2D eigenvalue weighted by atomic mass is 9.93. The average molecular weight is 394 g/mol. The van der Waals surface area contributed by atoms with Crippen LogP contribution in [0.1, 0.15) is 46.5 Å². The molecule has 1 fully saturated rings. The number of anilines is 1. The molecule has 3 amide bonds. The van der Waals surface area contributed by atoms with Gasteiger partial charge in [-0.05, 0) is 37.0 Å². The molecule has 0 aliphatic carbocycles. The number of carbonyl (C=O) groups is 2. The number of carbonyl (C=O) groups excluding carboxylic acids is 2. The van der Waals surface area contributed by atoms with Gasteiger partial charge in [-0.1, -0.05) is 51.3 Å². The fourth-order valence-electron chi connectivity index (χ4n) is 3.42. The zero-order chi connectivity index (χ0) is 19.8. The van der Waals surface area contributed by atoms with Crippen LogP contribution >= 0.6 is 11.6 Å². The van der Waals surface area contributed by atoms with Gasteiger partial charge in [-0.3, -0.25) is 10.1 Å². The summed E-state index contributed by atoms with van der Waals surface area (Å²) in [5.41, 5.74) is 1.07. The van der Waals surface area contributed by atoms with Gasteiger partial charge in [-0.15, -0.1) is 0 Å². The van der Waals surface area contributed by atoms with Gasteiger partial charge in [0.25, 0.3) is 0 Å². The Bertz CT molecular complexity index is 628. The van der Waals surface area contributed by atoms with Crippen LogP contribution in [-0.2, 0) is 4.79 Å². The standard InChI is InChI=1S/C21H32ClN3O2/c1-4-6-17(10-9-16(2)3)20(26)23-21(27)25-13-11-24(12-14-25)19-8-5-7-18(22)15-19/h5,7-8,15-17H,4,6,9-14H2,1-3H3,(H,23,26,27)/t17-/m0/s1. The molecule has 0 spiro atoms. The maximum absolute atomic E-state index is 12.5. The van der Waals surface area contributed by atoms with Gasteiger partial charge in [-0.25, -0.2) is 4.79 Å². The van der Waals surface area contributed by atoms with E-state index in [4.69, 9.17) is 11.6 Å². The summed E-state index contributed by atoms with van der Waals surface area (Å²) in [6, 6.07) is 7.48. The number of imide groups is 1. The first-order valence-corrected chi connectivity index (χ1v) is 10.4. The SMILES string of the molecule is CCC[C@@H](CCC(C)C)C(=O)NC(=O)N1CCN(c2cccc(Cl)c2)CC1. The van der Waals surface area contributed by atoms with Gasteiger partial charge in [0.05, 0.1) is 0 Å². The van der Waals surface area contributed by atoms with Crippen LogP contribution in [0.4, 0.5) is 10.5 Å². The molecule has 0 saturated carbocycles. The summed E-state index contributed by atoms with van der Waals surface area (Å²) in [7, 11) is 0. The third-order valence-corrected chi connectivity index (χ3v) is 5.31. The number of halogens is 1. The van der Waals surface area contributed by atoms with Crippen LogP contribution in [-0.4, -0.2) is 43.0 Å². The molecular formula is C21H32ClN3O2. The van der Waals surface area contributed by atoms with Crippen molar-refractivity contribution in [2.45, 2.75) is 46.5 Å². The zero-order valence-corrected chi connectivity index (χ0v) is 17.5. The van der Waals surface area contributed by atoms with Gasteiger partial charge in [0.1, 0.15) is 0 Å². The molecule has 0 radical (unpaired) electrons. The Hall–Kier alpha value is -1.75. The predicted octanol–water partition coefficient (Wildman–Crippen LogP) is 4.55. The largest absolute Gasteiger partial charge is 0.368 e. The molecule has 1 aromatic rings. The number of hydrogen-bond donors (Lipinski definition) is 1. The van der Waals surface area contributed by atoms with Crippen molar-refractivity contribution in [1.29, 1.82) is 0 Å². The van der Waals surface area contributed by atoms with E-state index in [0.717, 1.165) is 44.5 Å². The van der Waals surface area contributed by atoms with Crippen LogP contribution in [0, 0.1) is 11.8 Å². The van der Waals surface area contributed by atoms with Gasteiger partial charge in [0.15, 0.2) is 0 Å². The fourth-order valence-corrected chi connectivity index (χ4v) is 3.60. The van der Waals surface area contributed by atoms with Crippen LogP contribution in [0.25, 0.3) is 0 Å². The fraction of sp³-hybridized carbons (Fsp3) is 0.619. The minimum absolute atomic E-state index is 0.0749. The van der Waals surface area contributed by atoms with Crippen LogP contribution < -0.4 is 10.2 Å². The topological polar surface area (TPSA) is 52.7 Å². The first-order valence-electron chi connectivity index (χ1n) is 10.0. The monoisotopic (exact) mass is 393 g/mol. The van der Waals surface area contributed by atoms with E-state index in [1.165, 1.54) is 0 Å². The Kier molecular flexibility index (Phi) is 8.42. The molecule has 1 aromatic carbocycles. The molecule has 2 rings (SSSR count). The Labute approximate surface area is 168 Å². The summed E-state index contributed by atoms with van der Waals surface area (Å²) in [6.45, 7) is 9.04. The van der Waals surface area contributed by atoms with E-state index in [-0.39, 0.29) is 17.9 Å². The molecule has 0 bridgehead atoms. The lowest BCUT2D eigenvalue weighted by Gasteiger charge is -2.36. The molecule has 27 heavy (non-hydrogen) atoms. The predicted molar refractivity (Wildman–Crippen MR) is 111 cm³/mol. The van der Waals surface area contributed by atoms with E-state index in [0.29, 0.717) is 24.0 Å². The van der Waals surface area contributed by atoms with Gasteiger partial charge >= 0.3 is 6.03 Å². The van der Waals surface area contributed by atoms with Crippen LogP contribution in [0.5, 0.6) is 0 Å².